The molecule has 0 aromatic heterocycles. The van der Waals surface area contributed by atoms with Crippen molar-refractivity contribution in [3.8, 4) is 0 Å². The number of hydrogen-bond acceptors (Lipinski definition) is 3. The molecule has 5 heteroatoms. The van der Waals surface area contributed by atoms with Gasteiger partial charge in [0, 0.05) is 18.2 Å². The van der Waals surface area contributed by atoms with Crippen LogP contribution in [0.5, 0.6) is 0 Å². The molecule has 0 saturated heterocycles. The van der Waals surface area contributed by atoms with E-state index in [9.17, 15) is 10.1 Å². The minimum atomic E-state index is -0.479. The maximum absolute atomic E-state index is 10.4. The summed E-state index contributed by atoms with van der Waals surface area (Å²) in [5.74, 6) is 0. The number of nitro groups is 1. The van der Waals surface area contributed by atoms with Crippen molar-refractivity contribution in [3.63, 3.8) is 0 Å². The number of halogens is 1. The zero-order valence-electron chi connectivity index (χ0n) is 7.74. The lowest BCUT2D eigenvalue weighted by Gasteiger charge is -2.10. The number of nitro benzene ring substituents is 1. The number of benzene rings is 1. The molecule has 76 valence electrons. The number of hydrogen-bond donors (Lipinski definition) is 1. The van der Waals surface area contributed by atoms with Gasteiger partial charge in [0.25, 0.3) is 5.69 Å². The third-order valence-electron chi connectivity index (χ3n) is 2.03. The summed E-state index contributed by atoms with van der Waals surface area (Å²) in [5.41, 5.74) is 6.50. The van der Waals surface area contributed by atoms with E-state index in [0.29, 0.717) is 5.02 Å². The van der Waals surface area contributed by atoms with Gasteiger partial charge in [-0.2, -0.15) is 0 Å². The monoisotopic (exact) mass is 214 g/mol. The molecule has 0 bridgehead atoms. The van der Waals surface area contributed by atoms with Crippen LogP contribution < -0.4 is 5.73 Å². The van der Waals surface area contributed by atoms with Crippen LogP contribution in [0.2, 0.25) is 5.02 Å². The summed E-state index contributed by atoms with van der Waals surface area (Å²) in [5, 5.41) is 10.8. The van der Waals surface area contributed by atoms with Gasteiger partial charge in [-0.25, -0.2) is 0 Å². The van der Waals surface area contributed by atoms with Gasteiger partial charge in [0.05, 0.1) is 9.95 Å². The van der Waals surface area contributed by atoms with Gasteiger partial charge in [-0.05, 0) is 18.1 Å². The topological polar surface area (TPSA) is 69.2 Å². The molecule has 1 unspecified atom stereocenters. The molecule has 1 rings (SSSR count). The fraction of sp³-hybridized carbons (Fsp3) is 0.333. The Morgan fingerprint density at radius 2 is 2.29 bits per heavy atom. The summed E-state index contributed by atoms with van der Waals surface area (Å²) in [6.07, 6.45) is 0.748. The Balaban J connectivity index is 3.07. The van der Waals surface area contributed by atoms with Crippen LogP contribution in [-0.4, -0.2) is 4.92 Å². The Hall–Kier alpha value is -1.13. The molecule has 14 heavy (non-hydrogen) atoms. The zero-order chi connectivity index (χ0) is 10.7. The summed E-state index contributed by atoms with van der Waals surface area (Å²) in [7, 11) is 0. The van der Waals surface area contributed by atoms with Gasteiger partial charge in [-0.15, -0.1) is 0 Å². The van der Waals surface area contributed by atoms with Crippen LogP contribution >= 0.6 is 11.6 Å². The highest BCUT2D eigenvalue weighted by molar-refractivity contribution is 6.31. The van der Waals surface area contributed by atoms with Gasteiger partial charge in [0.1, 0.15) is 0 Å². The van der Waals surface area contributed by atoms with Crippen LogP contribution in [0.4, 0.5) is 5.69 Å². The lowest BCUT2D eigenvalue weighted by molar-refractivity contribution is -0.384. The van der Waals surface area contributed by atoms with Gasteiger partial charge in [-0.1, -0.05) is 18.5 Å². The quantitative estimate of drug-likeness (QED) is 0.621. The lowest BCUT2D eigenvalue weighted by atomic mass is 10.1. The van der Waals surface area contributed by atoms with Gasteiger partial charge >= 0.3 is 0 Å². The molecule has 0 fully saturated rings. The van der Waals surface area contributed by atoms with E-state index in [4.69, 9.17) is 17.3 Å². The first-order valence-electron chi connectivity index (χ1n) is 4.25. The molecular weight excluding hydrogens is 204 g/mol. The maximum Gasteiger partial charge on any atom is 0.270 e. The molecule has 0 saturated carbocycles. The van der Waals surface area contributed by atoms with Gasteiger partial charge < -0.3 is 5.73 Å². The smallest absolute Gasteiger partial charge is 0.270 e. The largest absolute Gasteiger partial charge is 0.324 e. The summed E-state index contributed by atoms with van der Waals surface area (Å²) < 4.78 is 0. The predicted octanol–water partition coefficient (Wildman–Crippen LogP) is 2.66. The molecule has 1 aromatic rings. The highest BCUT2D eigenvalue weighted by Gasteiger charge is 2.12. The molecule has 0 radical (unpaired) electrons. The van der Waals surface area contributed by atoms with E-state index in [0.717, 1.165) is 12.0 Å². The summed E-state index contributed by atoms with van der Waals surface area (Å²) >= 11 is 5.86. The molecule has 0 heterocycles. The molecule has 0 aliphatic heterocycles. The molecule has 4 nitrogen and oxygen atoms in total. The maximum atomic E-state index is 10.4. The van der Waals surface area contributed by atoms with E-state index in [1.54, 1.807) is 6.07 Å². The average molecular weight is 215 g/mol. The van der Waals surface area contributed by atoms with Crippen molar-refractivity contribution in [2.75, 3.05) is 0 Å². The minimum Gasteiger partial charge on any atom is -0.324 e. The second kappa shape index (κ2) is 4.39. The van der Waals surface area contributed by atoms with Crippen molar-refractivity contribution in [2.24, 2.45) is 5.73 Å². The van der Waals surface area contributed by atoms with Crippen molar-refractivity contribution in [1.82, 2.24) is 0 Å². The minimum absolute atomic E-state index is 0.0120. The SMILES string of the molecule is CCC(N)c1ccc([N+](=O)[O-])cc1Cl. The number of nitrogens with zero attached hydrogens (tertiary/aromatic N) is 1. The first-order chi connectivity index (χ1) is 6.56. The van der Waals surface area contributed by atoms with E-state index in [2.05, 4.69) is 0 Å². The number of nitrogens with two attached hydrogens (primary N) is 1. The third-order valence-corrected chi connectivity index (χ3v) is 2.36. The summed E-state index contributed by atoms with van der Waals surface area (Å²) in [4.78, 5) is 9.94. The molecule has 0 aliphatic rings. The molecule has 0 amide bonds. The lowest BCUT2D eigenvalue weighted by Crippen LogP contribution is -2.09. The van der Waals surface area contributed by atoms with E-state index in [1.807, 2.05) is 6.92 Å². The van der Waals surface area contributed by atoms with Crippen LogP contribution in [-0.2, 0) is 0 Å². The van der Waals surface area contributed by atoms with Crippen molar-refractivity contribution in [2.45, 2.75) is 19.4 Å². The second-order valence-electron chi connectivity index (χ2n) is 2.98. The first-order valence-corrected chi connectivity index (χ1v) is 4.63. The Morgan fingerprint density at radius 1 is 1.64 bits per heavy atom. The molecular formula is C9H11ClN2O2. The first kappa shape index (κ1) is 10.9. The molecule has 0 aliphatic carbocycles. The van der Waals surface area contributed by atoms with Crippen LogP contribution in [0.1, 0.15) is 24.9 Å². The van der Waals surface area contributed by atoms with Crippen molar-refractivity contribution in [1.29, 1.82) is 0 Å². The fourth-order valence-corrected chi connectivity index (χ4v) is 1.47. The summed E-state index contributed by atoms with van der Waals surface area (Å²) in [6, 6.07) is 4.18. The van der Waals surface area contributed by atoms with Crippen LogP contribution in [0.15, 0.2) is 18.2 Å². The number of non-ortho nitro benzene ring substituents is 1. The van der Waals surface area contributed by atoms with Gasteiger partial charge in [0.2, 0.25) is 0 Å². The molecule has 0 spiro atoms. The van der Waals surface area contributed by atoms with Crippen molar-refractivity contribution in [3.05, 3.63) is 38.9 Å². The Morgan fingerprint density at radius 3 is 2.71 bits per heavy atom. The van der Waals surface area contributed by atoms with Crippen LogP contribution in [0, 0.1) is 10.1 Å². The van der Waals surface area contributed by atoms with Crippen molar-refractivity contribution < 1.29 is 4.92 Å². The standard InChI is InChI=1S/C9H11ClN2O2/c1-2-9(11)7-4-3-6(12(13)14)5-8(7)10/h3-5,9H,2,11H2,1H3. The third kappa shape index (κ3) is 2.21. The van der Waals surface area contributed by atoms with E-state index >= 15 is 0 Å². The molecule has 1 aromatic carbocycles. The van der Waals surface area contributed by atoms with Gasteiger partial charge in [0.15, 0.2) is 0 Å². The highest BCUT2D eigenvalue weighted by atomic mass is 35.5. The van der Waals surface area contributed by atoms with E-state index in [-0.39, 0.29) is 11.7 Å². The normalized spacial score (nSPS) is 12.5. The Labute approximate surface area is 86.8 Å². The zero-order valence-corrected chi connectivity index (χ0v) is 8.49. The van der Waals surface area contributed by atoms with E-state index < -0.39 is 4.92 Å². The summed E-state index contributed by atoms with van der Waals surface area (Å²) in [6.45, 7) is 1.93. The predicted molar refractivity (Wildman–Crippen MR) is 55.3 cm³/mol. The Kier molecular flexibility index (Phi) is 3.43. The van der Waals surface area contributed by atoms with E-state index in [1.165, 1.54) is 12.1 Å². The van der Waals surface area contributed by atoms with Gasteiger partial charge in [-0.3, -0.25) is 10.1 Å². The fourth-order valence-electron chi connectivity index (χ4n) is 1.15. The van der Waals surface area contributed by atoms with Crippen molar-refractivity contribution >= 4 is 17.3 Å². The average Bonchev–Trinajstić information content (AvgIpc) is 2.16. The van der Waals surface area contributed by atoms with Crippen LogP contribution in [0.3, 0.4) is 0 Å². The molecule has 2 N–H and O–H groups in total. The molecule has 1 atom stereocenters. The second-order valence-corrected chi connectivity index (χ2v) is 3.38. The van der Waals surface area contributed by atoms with Crippen LogP contribution in [0.25, 0.3) is 0 Å². The number of rotatable bonds is 3. The highest BCUT2D eigenvalue weighted by Crippen LogP contribution is 2.27. The Bertz CT molecular complexity index is 355.